The number of benzene rings is 1. The van der Waals surface area contributed by atoms with Crippen LogP contribution in [0.4, 0.5) is 16.2 Å². The van der Waals surface area contributed by atoms with Gasteiger partial charge < -0.3 is 15.7 Å². The number of nitrogens with zero attached hydrogens (tertiary/aromatic N) is 1. The van der Waals surface area contributed by atoms with Gasteiger partial charge in [-0.2, -0.15) is 0 Å². The average molecular weight is 285 g/mol. The third kappa shape index (κ3) is 3.36. The van der Waals surface area contributed by atoms with Crippen molar-refractivity contribution in [1.82, 2.24) is 4.98 Å². The fourth-order valence-electron chi connectivity index (χ4n) is 1.95. The number of carbonyl (C=O) groups is 2. The second-order valence-corrected chi connectivity index (χ2v) is 4.52. The Morgan fingerprint density at radius 1 is 1.05 bits per heavy atom. The highest BCUT2D eigenvalue weighted by atomic mass is 16.4. The highest BCUT2D eigenvalue weighted by molar-refractivity contribution is 6.05. The van der Waals surface area contributed by atoms with Crippen LogP contribution in [0.5, 0.6) is 0 Å². The van der Waals surface area contributed by atoms with Crippen molar-refractivity contribution in [3.63, 3.8) is 0 Å². The topological polar surface area (TPSA) is 91.3 Å². The number of aromatic carboxylic acids is 1. The minimum absolute atomic E-state index is 0.0792. The summed E-state index contributed by atoms with van der Waals surface area (Å²) in [7, 11) is 0. The van der Waals surface area contributed by atoms with E-state index in [1.54, 1.807) is 50.4 Å². The number of hydrogen-bond donors (Lipinski definition) is 3. The van der Waals surface area contributed by atoms with E-state index in [9.17, 15) is 14.7 Å². The summed E-state index contributed by atoms with van der Waals surface area (Å²) in [5.74, 6) is -1.08. The molecule has 3 N–H and O–H groups in total. The van der Waals surface area contributed by atoms with Crippen LogP contribution < -0.4 is 10.6 Å². The third-order valence-corrected chi connectivity index (χ3v) is 2.99. The van der Waals surface area contributed by atoms with Crippen molar-refractivity contribution >= 4 is 23.4 Å². The van der Waals surface area contributed by atoms with Gasteiger partial charge >= 0.3 is 12.0 Å². The van der Waals surface area contributed by atoms with Gasteiger partial charge in [0.25, 0.3) is 0 Å². The van der Waals surface area contributed by atoms with Gasteiger partial charge in [0.05, 0.1) is 22.6 Å². The molecule has 0 aliphatic rings. The first kappa shape index (κ1) is 14.5. The number of rotatable bonds is 3. The van der Waals surface area contributed by atoms with Crippen molar-refractivity contribution in [2.45, 2.75) is 13.8 Å². The molecule has 0 bridgehead atoms. The van der Waals surface area contributed by atoms with E-state index in [1.807, 2.05) is 0 Å². The summed E-state index contributed by atoms with van der Waals surface area (Å²) < 4.78 is 0. The van der Waals surface area contributed by atoms with E-state index in [0.29, 0.717) is 16.9 Å². The number of urea groups is 1. The summed E-state index contributed by atoms with van der Waals surface area (Å²) >= 11 is 0. The van der Waals surface area contributed by atoms with Gasteiger partial charge in [-0.1, -0.05) is 12.1 Å². The van der Waals surface area contributed by atoms with Gasteiger partial charge in [0.1, 0.15) is 0 Å². The monoisotopic (exact) mass is 285 g/mol. The van der Waals surface area contributed by atoms with Gasteiger partial charge in [0.2, 0.25) is 0 Å². The summed E-state index contributed by atoms with van der Waals surface area (Å²) in [5, 5.41) is 14.4. The molecule has 2 aromatic rings. The van der Waals surface area contributed by atoms with Crippen molar-refractivity contribution in [1.29, 1.82) is 0 Å². The van der Waals surface area contributed by atoms with E-state index < -0.39 is 12.0 Å². The first-order chi connectivity index (χ1) is 9.99. The Bertz CT molecular complexity index is 698. The number of carboxylic acids is 1. The van der Waals surface area contributed by atoms with Crippen molar-refractivity contribution in [3.05, 3.63) is 53.3 Å². The maximum Gasteiger partial charge on any atom is 0.338 e. The Labute approximate surface area is 121 Å². The molecule has 0 aliphatic heterocycles. The molecule has 0 fully saturated rings. The number of pyridine rings is 1. The second kappa shape index (κ2) is 6.04. The van der Waals surface area contributed by atoms with Crippen molar-refractivity contribution in [2.24, 2.45) is 0 Å². The summed E-state index contributed by atoms with van der Waals surface area (Å²) in [4.78, 5) is 27.3. The van der Waals surface area contributed by atoms with Gasteiger partial charge in [-0.25, -0.2) is 9.59 Å². The van der Waals surface area contributed by atoms with E-state index in [4.69, 9.17) is 0 Å². The molecule has 1 aromatic carbocycles. The zero-order valence-electron chi connectivity index (χ0n) is 11.7. The summed E-state index contributed by atoms with van der Waals surface area (Å²) in [6.07, 6.45) is 1.63. The second-order valence-electron chi connectivity index (χ2n) is 4.52. The van der Waals surface area contributed by atoms with E-state index >= 15 is 0 Å². The Balaban J connectivity index is 2.19. The van der Waals surface area contributed by atoms with E-state index in [-0.39, 0.29) is 11.3 Å². The lowest BCUT2D eigenvalue weighted by Gasteiger charge is -2.12. The number of nitrogens with one attached hydrogen (secondary N) is 2. The molecule has 0 saturated carbocycles. The highest BCUT2D eigenvalue weighted by Crippen LogP contribution is 2.20. The van der Waals surface area contributed by atoms with Gasteiger partial charge in [-0.05, 0) is 37.6 Å². The number of carbonyl (C=O) groups excluding carboxylic acids is 1. The van der Waals surface area contributed by atoms with Gasteiger partial charge in [0, 0.05) is 6.20 Å². The van der Waals surface area contributed by atoms with E-state index in [1.165, 1.54) is 0 Å². The predicted octanol–water partition coefficient (Wildman–Crippen LogP) is 3.04. The average Bonchev–Trinajstić information content (AvgIpc) is 2.41. The normalized spacial score (nSPS) is 10.0. The molecule has 6 nitrogen and oxygen atoms in total. The molecule has 1 heterocycles. The van der Waals surface area contributed by atoms with Crippen molar-refractivity contribution in [3.8, 4) is 0 Å². The summed E-state index contributed by atoms with van der Waals surface area (Å²) in [6, 6.07) is 7.82. The molecule has 0 saturated heterocycles. The molecular weight excluding hydrogens is 270 g/mol. The zero-order valence-corrected chi connectivity index (χ0v) is 11.7. The Morgan fingerprint density at radius 3 is 2.38 bits per heavy atom. The molecule has 0 radical (unpaired) electrons. The summed E-state index contributed by atoms with van der Waals surface area (Å²) in [6.45, 7) is 3.45. The molecule has 2 amide bonds. The van der Waals surface area contributed by atoms with Gasteiger partial charge in [-0.15, -0.1) is 0 Å². The molecule has 0 unspecified atom stereocenters. The van der Waals surface area contributed by atoms with Crippen LogP contribution >= 0.6 is 0 Å². The van der Waals surface area contributed by atoms with Crippen molar-refractivity contribution in [2.75, 3.05) is 10.6 Å². The van der Waals surface area contributed by atoms with Gasteiger partial charge in [-0.3, -0.25) is 4.98 Å². The lowest BCUT2D eigenvalue weighted by molar-refractivity contribution is 0.0697. The zero-order chi connectivity index (χ0) is 15.4. The first-order valence-corrected chi connectivity index (χ1v) is 6.31. The lowest BCUT2D eigenvalue weighted by atomic mass is 10.1. The quantitative estimate of drug-likeness (QED) is 0.808. The third-order valence-electron chi connectivity index (χ3n) is 2.99. The molecular formula is C15H15N3O3. The minimum atomic E-state index is -1.08. The number of hydrogen-bond acceptors (Lipinski definition) is 3. The lowest BCUT2D eigenvalue weighted by Crippen LogP contribution is -2.22. The first-order valence-electron chi connectivity index (χ1n) is 6.31. The number of carboxylic acid groups (broad SMARTS) is 1. The Morgan fingerprint density at radius 2 is 1.71 bits per heavy atom. The summed E-state index contributed by atoms with van der Waals surface area (Å²) in [5.41, 5.74) is 2.16. The van der Waals surface area contributed by atoms with Crippen LogP contribution in [0.2, 0.25) is 0 Å². The van der Waals surface area contributed by atoms with Crippen LogP contribution in [-0.2, 0) is 0 Å². The van der Waals surface area contributed by atoms with Crippen LogP contribution in [0.15, 0.2) is 36.5 Å². The van der Waals surface area contributed by atoms with Crippen LogP contribution in [0.3, 0.4) is 0 Å². The van der Waals surface area contributed by atoms with Crippen LogP contribution in [0.25, 0.3) is 0 Å². The SMILES string of the molecule is Cc1cccc(NC(=O)Nc2cccnc2C)c1C(=O)O. The van der Waals surface area contributed by atoms with Crippen LogP contribution in [0, 0.1) is 13.8 Å². The molecule has 2 rings (SSSR count). The molecule has 0 spiro atoms. The Hall–Kier alpha value is -2.89. The number of amides is 2. The predicted molar refractivity (Wildman–Crippen MR) is 79.8 cm³/mol. The number of aryl methyl sites for hydroxylation is 2. The standard InChI is InChI=1S/C15H15N3O3/c1-9-5-3-6-12(13(9)14(19)20)18-15(21)17-11-7-4-8-16-10(11)2/h3-8H,1-2H3,(H,19,20)(H2,17,18,21). The van der Waals surface area contributed by atoms with Crippen molar-refractivity contribution < 1.29 is 14.7 Å². The fourth-order valence-corrected chi connectivity index (χ4v) is 1.95. The smallest absolute Gasteiger partial charge is 0.338 e. The van der Waals surface area contributed by atoms with E-state index in [0.717, 1.165) is 0 Å². The maximum atomic E-state index is 12.0. The van der Waals surface area contributed by atoms with Crippen LogP contribution in [-0.4, -0.2) is 22.1 Å². The largest absolute Gasteiger partial charge is 0.478 e. The number of anilines is 2. The molecule has 6 heteroatoms. The molecule has 0 atom stereocenters. The molecule has 0 aliphatic carbocycles. The van der Waals surface area contributed by atoms with Gasteiger partial charge in [0.15, 0.2) is 0 Å². The van der Waals surface area contributed by atoms with Crippen LogP contribution in [0.1, 0.15) is 21.6 Å². The molecule has 108 valence electrons. The molecule has 1 aromatic heterocycles. The Kier molecular flexibility index (Phi) is 4.18. The maximum absolute atomic E-state index is 12.0. The molecule has 21 heavy (non-hydrogen) atoms. The van der Waals surface area contributed by atoms with E-state index in [2.05, 4.69) is 15.6 Å². The minimum Gasteiger partial charge on any atom is -0.478 e. The number of aromatic nitrogens is 1. The highest BCUT2D eigenvalue weighted by Gasteiger charge is 2.15. The fraction of sp³-hybridized carbons (Fsp3) is 0.133.